The van der Waals surface area contributed by atoms with Crippen LogP contribution in [0.3, 0.4) is 0 Å². The number of aliphatic hydroxyl groups is 2. The highest BCUT2D eigenvalue weighted by Crippen LogP contribution is 2.35. The predicted molar refractivity (Wildman–Crippen MR) is 85.6 cm³/mol. The number of aliphatic hydroxyl groups excluding tert-OH is 2. The van der Waals surface area contributed by atoms with Gasteiger partial charge in [0.05, 0.1) is 6.10 Å². The summed E-state index contributed by atoms with van der Waals surface area (Å²) in [7, 11) is 0. The summed E-state index contributed by atoms with van der Waals surface area (Å²) in [5.41, 5.74) is 0.735. The third-order valence-corrected chi connectivity index (χ3v) is 4.88. The van der Waals surface area contributed by atoms with Crippen molar-refractivity contribution < 1.29 is 10.2 Å². The van der Waals surface area contributed by atoms with Crippen molar-refractivity contribution in [1.29, 1.82) is 0 Å². The van der Waals surface area contributed by atoms with Crippen LogP contribution < -0.4 is 0 Å². The van der Waals surface area contributed by atoms with Gasteiger partial charge in [-0.25, -0.2) is 0 Å². The zero-order valence-electron chi connectivity index (χ0n) is 10.8. The highest BCUT2D eigenvalue weighted by Gasteiger charge is 2.18. The lowest BCUT2D eigenvalue weighted by Gasteiger charge is -2.17. The molecular formula is C16H15ClO2S. The maximum atomic E-state index is 10.2. The van der Waals surface area contributed by atoms with E-state index in [1.54, 1.807) is 11.3 Å². The van der Waals surface area contributed by atoms with E-state index in [1.807, 2.05) is 30.3 Å². The minimum Gasteiger partial charge on any atom is -0.390 e. The molecule has 0 saturated carbocycles. The second-order valence-electron chi connectivity index (χ2n) is 4.84. The highest BCUT2D eigenvalue weighted by molar-refractivity contribution is 7.25. The van der Waals surface area contributed by atoms with Crippen molar-refractivity contribution in [3.05, 3.63) is 48.0 Å². The normalized spacial score (nSPS) is 14.8. The molecule has 4 heteroatoms. The average Bonchev–Trinajstić information content (AvgIpc) is 2.84. The molecule has 0 amide bonds. The molecule has 0 spiro atoms. The zero-order valence-corrected chi connectivity index (χ0v) is 12.4. The predicted octanol–water partition coefficient (Wildman–Crippen LogP) is 4.08. The molecule has 3 aromatic rings. The van der Waals surface area contributed by atoms with Gasteiger partial charge >= 0.3 is 0 Å². The van der Waals surface area contributed by atoms with Crippen LogP contribution in [0.15, 0.2) is 42.5 Å². The van der Waals surface area contributed by atoms with E-state index in [1.165, 1.54) is 14.8 Å². The molecule has 0 aliphatic heterocycles. The Labute approximate surface area is 126 Å². The van der Waals surface area contributed by atoms with Gasteiger partial charge in [-0.2, -0.15) is 0 Å². The van der Waals surface area contributed by atoms with Crippen molar-refractivity contribution in [2.45, 2.75) is 18.6 Å². The molecule has 2 atom stereocenters. The van der Waals surface area contributed by atoms with E-state index in [4.69, 9.17) is 11.6 Å². The molecule has 0 aliphatic rings. The topological polar surface area (TPSA) is 40.5 Å². The van der Waals surface area contributed by atoms with Gasteiger partial charge in [0.15, 0.2) is 0 Å². The van der Waals surface area contributed by atoms with Gasteiger partial charge in [0, 0.05) is 26.1 Å². The van der Waals surface area contributed by atoms with Crippen LogP contribution >= 0.6 is 22.9 Å². The molecule has 2 N–H and O–H groups in total. The van der Waals surface area contributed by atoms with E-state index >= 15 is 0 Å². The van der Waals surface area contributed by atoms with Gasteiger partial charge in [0.1, 0.15) is 6.10 Å². The monoisotopic (exact) mass is 306 g/mol. The Bertz CT molecular complexity index is 738. The lowest BCUT2D eigenvalue weighted by molar-refractivity contribution is 0.0171. The molecule has 2 aromatic carbocycles. The molecule has 3 rings (SSSR count). The molecule has 1 aromatic heterocycles. The van der Waals surface area contributed by atoms with Crippen molar-refractivity contribution in [1.82, 2.24) is 0 Å². The lowest BCUT2D eigenvalue weighted by Crippen LogP contribution is -2.18. The number of thiophene rings is 1. The van der Waals surface area contributed by atoms with Gasteiger partial charge in [-0.1, -0.05) is 24.3 Å². The second kappa shape index (κ2) is 5.70. The van der Waals surface area contributed by atoms with Gasteiger partial charge in [0.2, 0.25) is 0 Å². The molecule has 0 saturated heterocycles. The number of alkyl halides is 1. The number of fused-ring (bicyclic) bond motifs is 3. The number of halogens is 1. The van der Waals surface area contributed by atoms with Gasteiger partial charge in [-0.3, -0.25) is 0 Å². The number of hydrogen-bond donors (Lipinski definition) is 2. The van der Waals surface area contributed by atoms with Gasteiger partial charge in [-0.15, -0.1) is 22.9 Å². The fourth-order valence-electron chi connectivity index (χ4n) is 2.42. The maximum absolute atomic E-state index is 10.2. The Hall–Kier alpha value is -1.13. The van der Waals surface area contributed by atoms with Gasteiger partial charge < -0.3 is 10.2 Å². The molecule has 20 heavy (non-hydrogen) atoms. The molecule has 2 nitrogen and oxygen atoms in total. The third kappa shape index (κ3) is 2.42. The Kier molecular flexibility index (Phi) is 3.94. The van der Waals surface area contributed by atoms with Crippen LogP contribution in [0.25, 0.3) is 20.2 Å². The quantitative estimate of drug-likeness (QED) is 0.713. The molecule has 0 bridgehead atoms. The Morgan fingerprint density at radius 1 is 1.00 bits per heavy atom. The fraction of sp³-hybridized carbons (Fsp3) is 0.250. The first-order valence-electron chi connectivity index (χ1n) is 6.54. The Morgan fingerprint density at radius 2 is 1.75 bits per heavy atom. The van der Waals surface area contributed by atoms with Crippen molar-refractivity contribution in [3.8, 4) is 0 Å². The van der Waals surface area contributed by atoms with Crippen molar-refractivity contribution in [2.75, 3.05) is 5.88 Å². The van der Waals surface area contributed by atoms with Crippen molar-refractivity contribution in [3.63, 3.8) is 0 Å². The van der Waals surface area contributed by atoms with Crippen LogP contribution in [0, 0.1) is 0 Å². The maximum Gasteiger partial charge on any atom is 0.105 e. The largest absolute Gasteiger partial charge is 0.390 e. The SMILES string of the molecule is OC(CCCl)C(O)c1ccc2sc3ccccc3c2c1. The van der Waals surface area contributed by atoms with E-state index in [-0.39, 0.29) is 0 Å². The van der Waals surface area contributed by atoms with Crippen LogP contribution in [0.2, 0.25) is 0 Å². The first-order valence-corrected chi connectivity index (χ1v) is 7.89. The minimum atomic E-state index is -0.892. The first-order chi connectivity index (χ1) is 9.70. The number of rotatable bonds is 4. The van der Waals surface area contributed by atoms with Crippen LogP contribution in [-0.2, 0) is 0 Å². The summed E-state index contributed by atoms with van der Waals surface area (Å²) < 4.78 is 2.42. The lowest BCUT2D eigenvalue weighted by atomic mass is 10.0. The molecular weight excluding hydrogens is 292 g/mol. The molecule has 0 aliphatic carbocycles. The zero-order chi connectivity index (χ0) is 14.1. The summed E-state index contributed by atoms with van der Waals surface area (Å²) in [6.45, 7) is 0. The van der Waals surface area contributed by atoms with Crippen LogP contribution in [0.1, 0.15) is 18.1 Å². The van der Waals surface area contributed by atoms with E-state index in [2.05, 4.69) is 12.1 Å². The summed E-state index contributed by atoms with van der Waals surface area (Å²) in [6, 6.07) is 14.1. The van der Waals surface area contributed by atoms with E-state index in [0.29, 0.717) is 12.3 Å². The van der Waals surface area contributed by atoms with Crippen molar-refractivity contribution in [2.24, 2.45) is 0 Å². The summed E-state index contributed by atoms with van der Waals surface area (Å²) in [4.78, 5) is 0. The fourth-order valence-corrected chi connectivity index (χ4v) is 3.73. The van der Waals surface area contributed by atoms with E-state index < -0.39 is 12.2 Å². The van der Waals surface area contributed by atoms with Crippen molar-refractivity contribution >= 4 is 43.1 Å². The standard InChI is InChI=1S/C16H15ClO2S/c17-8-7-13(18)16(19)10-5-6-15-12(9-10)11-3-1-2-4-14(11)20-15/h1-6,9,13,16,18-19H,7-8H2. The summed E-state index contributed by atoms with van der Waals surface area (Å²) >= 11 is 7.35. The smallest absolute Gasteiger partial charge is 0.105 e. The molecule has 104 valence electrons. The number of hydrogen-bond acceptors (Lipinski definition) is 3. The van der Waals surface area contributed by atoms with E-state index in [0.717, 1.165) is 10.9 Å². The molecule has 1 heterocycles. The first kappa shape index (κ1) is 13.8. The van der Waals surface area contributed by atoms with Crippen LogP contribution in [-0.4, -0.2) is 22.2 Å². The van der Waals surface area contributed by atoms with E-state index in [9.17, 15) is 10.2 Å². The summed E-state index contributed by atoms with van der Waals surface area (Å²) in [6.07, 6.45) is -1.34. The third-order valence-electron chi connectivity index (χ3n) is 3.51. The second-order valence-corrected chi connectivity index (χ2v) is 6.31. The number of benzene rings is 2. The minimum absolute atomic E-state index is 0.335. The Balaban J connectivity index is 2.07. The van der Waals surface area contributed by atoms with Gasteiger partial charge in [-0.05, 0) is 30.2 Å². The average molecular weight is 307 g/mol. The van der Waals surface area contributed by atoms with Gasteiger partial charge in [0.25, 0.3) is 0 Å². The Morgan fingerprint density at radius 3 is 2.55 bits per heavy atom. The van der Waals surface area contributed by atoms with Crippen LogP contribution in [0.5, 0.6) is 0 Å². The van der Waals surface area contributed by atoms with Crippen LogP contribution in [0.4, 0.5) is 0 Å². The molecule has 0 radical (unpaired) electrons. The molecule has 0 fully saturated rings. The summed E-state index contributed by atoms with van der Waals surface area (Å²) in [5, 5.41) is 22.4. The highest BCUT2D eigenvalue weighted by atomic mass is 35.5. The molecule has 2 unspecified atom stereocenters. The summed E-state index contributed by atoms with van der Waals surface area (Å²) in [5.74, 6) is 0.335.